The van der Waals surface area contributed by atoms with Crippen LogP contribution in [-0.4, -0.2) is 10.9 Å². The molecule has 132 valence electrons. The Bertz CT molecular complexity index is 1020. The second kappa shape index (κ2) is 6.80. The lowest BCUT2D eigenvalue weighted by Crippen LogP contribution is -2.22. The minimum absolute atomic E-state index is 0.178. The van der Waals surface area contributed by atoms with Crippen molar-refractivity contribution in [3.63, 3.8) is 0 Å². The molecule has 1 aliphatic carbocycles. The van der Waals surface area contributed by atoms with Crippen LogP contribution in [0.25, 0.3) is 10.9 Å². The number of anilines is 1. The van der Waals surface area contributed by atoms with Crippen LogP contribution in [-0.2, 0) is 12.8 Å². The zero-order valence-electron chi connectivity index (χ0n) is 14.4. The number of nitrogens with one attached hydrogen (secondary N) is 1. The van der Waals surface area contributed by atoms with E-state index in [0.717, 1.165) is 41.4 Å². The van der Waals surface area contributed by atoms with Crippen molar-refractivity contribution in [2.24, 2.45) is 5.92 Å². The molecule has 5 heteroatoms. The van der Waals surface area contributed by atoms with E-state index >= 15 is 0 Å². The first-order valence-electron chi connectivity index (χ1n) is 8.70. The number of aromatic nitrogens is 1. The largest absolute Gasteiger partial charge is 0.319 e. The number of nitrogens with zero attached hydrogens (tertiary/aromatic N) is 1. The Hall–Kier alpha value is -2.27. The van der Waals surface area contributed by atoms with Gasteiger partial charge in [0.05, 0.1) is 16.8 Å². The Kier molecular flexibility index (Phi) is 4.49. The molecule has 0 bridgehead atoms. The maximum atomic E-state index is 14.2. The minimum Gasteiger partial charge on any atom is -0.319 e. The summed E-state index contributed by atoms with van der Waals surface area (Å²) >= 11 is 3.23. The van der Waals surface area contributed by atoms with Gasteiger partial charge in [0.25, 0.3) is 5.91 Å². The number of amides is 1. The van der Waals surface area contributed by atoms with Crippen molar-refractivity contribution in [3.8, 4) is 0 Å². The first kappa shape index (κ1) is 17.2. The number of pyridine rings is 1. The van der Waals surface area contributed by atoms with E-state index in [1.165, 1.54) is 6.07 Å². The van der Waals surface area contributed by atoms with Crippen molar-refractivity contribution in [3.05, 3.63) is 69.6 Å². The topological polar surface area (TPSA) is 42.0 Å². The van der Waals surface area contributed by atoms with E-state index in [1.807, 2.05) is 24.3 Å². The second-order valence-electron chi connectivity index (χ2n) is 6.86. The highest BCUT2D eigenvalue weighted by Gasteiger charge is 2.25. The van der Waals surface area contributed by atoms with Crippen LogP contribution in [0.2, 0.25) is 0 Å². The van der Waals surface area contributed by atoms with Gasteiger partial charge >= 0.3 is 0 Å². The molecular weight excluding hydrogens is 395 g/mol. The molecular formula is C21H18BrFN2O. The summed E-state index contributed by atoms with van der Waals surface area (Å²) < 4.78 is 14.8. The van der Waals surface area contributed by atoms with Crippen LogP contribution in [0.1, 0.15) is 35.0 Å². The van der Waals surface area contributed by atoms with Crippen LogP contribution in [0.15, 0.2) is 46.9 Å². The number of carbonyl (C=O) groups is 1. The molecule has 1 atom stereocenters. The fourth-order valence-corrected chi connectivity index (χ4v) is 3.93. The number of halogens is 2. The van der Waals surface area contributed by atoms with Gasteiger partial charge < -0.3 is 5.32 Å². The van der Waals surface area contributed by atoms with Gasteiger partial charge in [0.15, 0.2) is 0 Å². The molecule has 26 heavy (non-hydrogen) atoms. The van der Waals surface area contributed by atoms with Gasteiger partial charge in [-0.25, -0.2) is 4.39 Å². The van der Waals surface area contributed by atoms with Crippen molar-refractivity contribution in [1.29, 1.82) is 0 Å². The fraction of sp³-hybridized carbons (Fsp3) is 0.238. The van der Waals surface area contributed by atoms with Crippen molar-refractivity contribution >= 4 is 38.4 Å². The van der Waals surface area contributed by atoms with Crippen LogP contribution in [0.3, 0.4) is 0 Å². The van der Waals surface area contributed by atoms with Crippen molar-refractivity contribution in [2.75, 3.05) is 5.32 Å². The van der Waals surface area contributed by atoms with E-state index in [-0.39, 0.29) is 11.6 Å². The number of para-hydroxylation sites is 1. The Morgan fingerprint density at radius 2 is 2.08 bits per heavy atom. The van der Waals surface area contributed by atoms with E-state index in [9.17, 15) is 9.18 Å². The average Bonchev–Trinajstić information content (AvgIpc) is 2.62. The summed E-state index contributed by atoms with van der Waals surface area (Å²) in [6, 6.07) is 12.3. The molecule has 1 aromatic heterocycles. The van der Waals surface area contributed by atoms with Crippen LogP contribution < -0.4 is 5.32 Å². The lowest BCUT2D eigenvalue weighted by molar-refractivity contribution is 0.102. The van der Waals surface area contributed by atoms with E-state index in [1.54, 1.807) is 12.1 Å². The van der Waals surface area contributed by atoms with Gasteiger partial charge in [0, 0.05) is 15.6 Å². The predicted molar refractivity (Wildman–Crippen MR) is 105 cm³/mol. The summed E-state index contributed by atoms with van der Waals surface area (Å²) in [6.07, 6.45) is 2.76. The molecule has 0 radical (unpaired) electrons. The lowest BCUT2D eigenvalue weighted by atomic mass is 9.84. The molecule has 4 rings (SSSR count). The SMILES string of the molecule is CC1CCc2nc3ccccc3c(C(=O)Nc3ccc(Br)cc3F)c2C1. The van der Waals surface area contributed by atoms with Crippen molar-refractivity contribution < 1.29 is 9.18 Å². The highest BCUT2D eigenvalue weighted by Crippen LogP contribution is 2.32. The van der Waals surface area contributed by atoms with Gasteiger partial charge in [0.2, 0.25) is 0 Å². The zero-order chi connectivity index (χ0) is 18.3. The number of rotatable bonds is 2. The van der Waals surface area contributed by atoms with Gasteiger partial charge in [-0.05, 0) is 55.0 Å². The lowest BCUT2D eigenvalue weighted by Gasteiger charge is -2.24. The number of benzene rings is 2. The molecule has 1 amide bonds. The molecule has 1 N–H and O–H groups in total. The highest BCUT2D eigenvalue weighted by atomic mass is 79.9. The van der Waals surface area contributed by atoms with E-state index in [0.29, 0.717) is 16.0 Å². The normalized spacial score (nSPS) is 16.3. The van der Waals surface area contributed by atoms with Crippen LogP contribution in [0, 0.1) is 11.7 Å². The number of hydrogen-bond donors (Lipinski definition) is 1. The van der Waals surface area contributed by atoms with E-state index in [4.69, 9.17) is 4.98 Å². The summed E-state index contributed by atoms with van der Waals surface area (Å²) in [5.41, 5.74) is 3.60. The molecule has 1 heterocycles. The number of fused-ring (bicyclic) bond motifs is 2. The molecule has 3 nitrogen and oxygen atoms in total. The summed E-state index contributed by atoms with van der Waals surface area (Å²) in [5.74, 6) is -0.245. The number of aryl methyl sites for hydroxylation is 1. The van der Waals surface area contributed by atoms with Crippen molar-refractivity contribution in [1.82, 2.24) is 4.98 Å². The Balaban J connectivity index is 1.84. The van der Waals surface area contributed by atoms with Gasteiger partial charge in [-0.1, -0.05) is 41.1 Å². The highest BCUT2D eigenvalue weighted by molar-refractivity contribution is 9.10. The first-order valence-corrected chi connectivity index (χ1v) is 9.49. The monoisotopic (exact) mass is 412 g/mol. The van der Waals surface area contributed by atoms with Crippen LogP contribution in [0.5, 0.6) is 0 Å². The van der Waals surface area contributed by atoms with Gasteiger partial charge in [0.1, 0.15) is 5.82 Å². The average molecular weight is 413 g/mol. The maximum absolute atomic E-state index is 14.2. The molecule has 3 aromatic rings. The maximum Gasteiger partial charge on any atom is 0.256 e. The molecule has 2 aromatic carbocycles. The molecule has 1 aliphatic rings. The van der Waals surface area contributed by atoms with Crippen molar-refractivity contribution in [2.45, 2.75) is 26.2 Å². The quantitative estimate of drug-likeness (QED) is 0.602. The Labute approximate surface area is 159 Å². The third-order valence-corrected chi connectivity index (χ3v) is 5.41. The van der Waals surface area contributed by atoms with Gasteiger partial charge in [-0.15, -0.1) is 0 Å². The molecule has 1 unspecified atom stereocenters. The van der Waals surface area contributed by atoms with E-state index in [2.05, 4.69) is 28.2 Å². The Morgan fingerprint density at radius 1 is 1.27 bits per heavy atom. The van der Waals surface area contributed by atoms with Gasteiger partial charge in [-0.2, -0.15) is 0 Å². The third kappa shape index (κ3) is 3.12. The zero-order valence-corrected chi connectivity index (χ0v) is 15.9. The summed E-state index contributed by atoms with van der Waals surface area (Å²) in [5, 5.41) is 3.56. The van der Waals surface area contributed by atoms with Crippen LogP contribution >= 0.6 is 15.9 Å². The molecule has 0 saturated heterocycles. The third-order valence-electron chi connectivity index (χ3n) is 4.91. The molecule has 0 saturated carbocycles. The number of carbonyl (C=O) groups excluding carboxylic acids is 1. The fourth-order valence-electron chi connectivity index (χ4n) is 3.60. The van der Waals surface area contributed by atoms with Crippen LogP contribution in [0.4, 0.5) is 10.1 Å². The smallest absolute Gasteiger partial charge is 0.256 e. The molecule has 0 spiro atoms. The minimum atomic E-state index is -0.465. The van der Waals surface area contributed by atoms with E-state index < -0.39 is 5.82 Å². The first-order chi connectivity index (χ1) is 12.5. The summed E-state index contributed by atoms with van der Waals surface area (Å²) in [4.78, 5) is 17.9. The molecule has 0 fully saturated rings. The summed E-state index contributed by atoms with van der Waals surface area (Å²) in [7, 11) is 0. The van der Waals surface area contributed by atoms with Gasteiger partial charge in [-0.3, -0.25) is 9.78 Å². The number of hydrogen-bond acceptors (Lipinski definition) is 2. The Morgan fingerprint density at radius 3 is 2.88 bits per heavy atom. The predicted octanol–water partition coefficient (Wildman–Crippen LogP) is 5.51. The molecule has 0 aliphatic heterocycles. The summed E-state index contributed by atoms with van der Waals surface area (Å²) in [6.45, 7) is 2.19. The standard InChI is InChI=1S/C21H18BrFN2O/c1-12-6-8-18-15(10-12)20(14-4-2-3-5-17(14)24-18)21(26)25-19-9-7-13(22)11-16(19)23/h2-5,7,9,11-12H,6,8,10H2,1H3,(H,25,26). The second-order valence-corrected chi connectivity index (χ2v) is 7.77.